The van der Waals surface area contributed by atoms with Crippen LogP contribution in [0.15, 0.2) is 20.0 Å². The molecule has 0 heterocycles. The van der Waals surface area contributed by atoms with E-state index in [2.05, 4.69) is 0 Å². The van der Waals surface area contributed by atoms with Crippen molar-refractivity contribution in [1.82, 2.24) is 0 Å². The van der Waals surface area contributed by atoms with Crippen molar-refractivity contribution in [2.24, 2.45) is 0 Å². The predicted octanol–water partition coefficient (Wildman–Crippen LogP) is 3.93. The van der Waals surface area contributed by atoms with E-state index in [0.29, 0.717) is 0 Å². The summed E-state index contributed by atoms with van der Waals surface area (Å²) in [6.45, 7) is 7.73. The summed E-state index contributed by atoms with van der Waals surface area (Å²) in [5.74, 6) is 0. The van der Waals surface area contributed by atoms with Crippen LogP contribution in [0.4, 0.5) is 0 Å². The van der Waals surface area contributed by atoms with Crippen LogP contribution in [0.1, 0.15) is 27.7 Å². The minimum atomic E-state index is -2.41. The third-order valence-corrected chi connectivity index (χ3v) is 7.04. The Balaban J connectivity index is 0. The molecule has 0 aromatic rings. The van der Waals surface area contributed by atoms with Crippen LogP contribution in [0.2, 0.25) is 0 Å². The van der Waals surface area contributed by atoms with Crippen molar-refractivity contribution in [3.63, 3.8) is 0 Å². The Morgan fingerprint density at radius 1 is 1.07 bits per heavy atom. The monoisotopic (exact) mass is 345 g/mol. The Kier molecular flexibility index (Phi) is 7.24. The SMILES string of the molecule is CC1=C(C)C(C)(P(=O)=O)[C]([Zr])=C1C.Cl.Cl. The fourth-order valence-corrected chi connectivity index (χ4v) is 4.00. The Bertz CT molecular complexity index is 365. The molecule has 85 valence electrons. The number of hydrogen-bond acceptors (Lipinski definition) is 2. The fraction of sp³-hybridized carbons (Fsp3) is 0.556. The molecule has 1 unspecified atom stereocenters. The molecule has 0 fully saturated rings. The first-order valence-electron chi connectivity index (χ1n) is 4.09. The van der Waals surface area contributed by atoms with Crippen molar-refractivity contribution >= 4 is 32.5 Å². The van der Waals surface area contributed by atoms with Gasteiger partial charge in [-0.05, 0) is 0 Å². The van der Waals surface area contributed by atoms with Gasteiger partial charge in [0.2, 0.25) is 0 Å². The molecule has 1 atom stereocenters. The Morgan fingerprint density at radius 3 is 1.60 bits per heavy atom. The molecule has 0 N–H and O–H groups in total. The second-order valence-corrected chi connectivity index (χ2v) is 6.22. The normalized spacial score (nSPS) is 24.7. The van der Waals surface area contributed by atoms with Gasteiger partial charge >= 0.3 is 94.4 Å². The average molecular weight is 347 g/mol. The van der Waals surface area contributed by atoms with E-state index in [-0.39, 0.29) is 24.8 Å². The summed E-state index contributed by atoms with van der Waals surface area (Å²) in [5, 5.41) is -0.693. The quantitative estimate of drug-likeness (QED) is 0.674. The minimum Gasteiger partial charge on any atom is -0.147 e. The first kappa shape index (κ1) is 18.2. The van der Waals surface area contributed by atoms with Crippen LogP contribution in [0.25, 0.3) is 0 Å². The summed E-state index contributed by atoms with van der Waals surface area (Å²) >= 11 is 1.20. The maximum absolute atomic E-state index is 11.2. The van der Waals surface area contributed by atoms with E-state index >= 15 is 0 Å². The molecular formula is C9H14Cl2O2PZr. The molecular weight excluding hydrogens is 333 g/mol. The molecule has 0 saturated carbocycles. The number of halogens is 2. The van der Waals surface area contributed by atoms with Crippen molar-refractivity contribution in [2.75, 3.05) is 0 Å². The molecule has 1 aliphatic rings. The Hall–Kier alpha value is 0.843. The summed E-state index contributed by atoms with van der Waals surface area (Å²) in [6.07, 6.45) is 0. The van der Waals surface area contributed by atoms with Crippen molar-refractivity contribution < 1.29 is 33.8 Å². The van der Waals surface area contributed by atoms with Crippen molar-refractivity contribution in [2.45, 2.75) is 32.9 Å². The molecule has 15 heavy (non-hydrogen) atoms. The van der Waals surface area contributed by atoms with Crippen molar-refractivity contribution in [3.05, 3.63) is 20.0 Å². The molecule has 0 aromatic heterocycles. The molecule has 0 amide bonds. The average Bonchev–Trinajstić information content (AvgIpc) is 2.22. The summed E-state index contributed by atoms with van der Waals surface area (Å²) in [7, 11) is -2.41. The first-order chi connectivity index (χ1) is 5.83. The maximum Gasteiger partial charge on any atom is -0.147 e. The Morgan fingerprint density at radius 2 is 1.47 bits per heavy atom. The second-order valence-electron chi connectivity index (χ2n) is 3.58. The van der Waals surface area contributed by atoms with Gasteiger partial charge in [-0.25, -0.2) is 0 Å². The third-order valence-electron chi connectivity index (χ3n) is 3.08. The van der Waals surface area contributed by atoms with Gasteiger partial charge in [0.1, 0.15) is 0 Å². The van der Waals surface area contributed by atoms with E-state index in [1.165, 1.54) is 24.7 Å². The molecule has 2 nitrogen and oxygen atoms in total. The first-order valence-corrected chi connectivity index (χ1v) is 6.50. The van der Waals surface area contributed by atoms with Gasteiger partial charge in [0.05, 0.1) is 0 Å². The van der Waals surface area contributed by atoms with Gasteiger partial charge in [-0.3, -0.25) is 0 Å². The summed E-state index contributed by atoms with van der Waals surface area (Å²) < 4.78 is 23.5. The van der Waals surface area contributed by atoms with E-state index in [9.17, 15) is 9.13 Å². The largest absolute Gasteiger partial charge is 0.147 e. The number of rotatable bonds is 1. The Labute approximate surface area is 118 Å². The fourth-order valence-electron chi connectivity index (χ4n) is 1.61. The minimum absolute atomic E-state index is 0. The molecule has 0 spiro atoms. The van der Waals surface area contributed by atoms with Crippen LogP contribution in [0, 0.1) is 0 Å². The van der Waals surface area contributed by atoms with Gasteiger partial charge in [0.15, 0.2) is 0 Å². The van der Waals surface area contributed by atoms with Gasteiger partial charge in [-0.1, -0.05) is 0 Å². The third kappa shape index (κ3) is 2.57. The van der Waals surface area contributed by atoms with Crippen LogP contribution in [-0.2, 0) is 33.8 Å². The standard InChI is InChI=1S/C9H12O2P.2ClH.Zr/c1-6-5-9(4,12(10)11)8(3)7(6)2;;;/h1-4H3;2*1H;. The van der Waals surface area contributed by atoms with Crippen LogP contribution in [0.3, 0.4) is 0 Å². The van der Waals surface area contributed by atoms with Crippen molar-refractivity contribution in [1.29, 1.82) is 0 Å². The second kappa shape index (κ2) is 5.96. The van der Waals surface area contributed by atoms with Crippen LogP contribution < -0.4 is 0 Å². The van der Waals surface area contributed by atoms with Crippen LogP contribution >= 0.6 is 32.5 Å². The summed E-state index contributed by atoms with van der Waals surface area (Å²) in [6, 6.07) is 0. The zero-order valence-electron chi connectivity index (χ0n) is 9.08. The molecule has 1 aliphatic carbocycles. The van der Waals surface area contributed by atoms with E-state index in [4.69, 9.17) is 0 Å². The van der Waals surface area contributed by atoms with E-state index < -0.39 is 12.8 Å². The number of hydrogen-bond donors (Lipinski definition) is 0. The molecule has 1 rings (SSSR count). The molecule has 0 saturated heterocycles. The van der Waals surface area contributed by atoms with Gasteiger partial charge in [-0.15, -0.1) is 24.8 Å². The van der Waals surface area contributed by atoms with E-state index in [0.717, 1.165) is 20.0 Å². The van der Waals surface area contributed by atoms with Gasteiger partial charge in [-0.2, -0.15) is 0 Å². The van der Waals surface area contributed by atoms with Gasteiger partial charge < -0.3 is 0 Å². The molecule has 6 heteroatoms. The van der Waals surface area contributed by atoms with E-state index in [1.807, 2.05) is 20.8 Å². The zero-order valence-corrected chi connectivity index (χ0v) is 14.1. The van der Waals surface area contributed by atoms with Gasteiger partial charge in [0, 0.05) is 0 Å². The molecule has 0 radical (unpaired) electrons. The summed E-state index contributed by atoms with van der Waals surface area (Å²) in [5.41, 5.74) is 3.30. The number of allylic oxidation sites excluding steroid dienone is 4. The molecule has 0 bridgehead atoms. The van der Waals surface area contributed by atoms with E-state index in [1.54, 1.807) is 6.92 Å². The van der Waals surface area contributed by atoms with Gasteiger partial charge in [0.25, 0.3) is 0 Å². The molecule has 0 aliphatic heterocycles. The molecule has 0 aromatic carbocycles. The summed E-state index contributed by atoms with van der Waals surface area (Å²) in [4.78, 5) is 0. The predicted molar refractivity (Wildman–Crippen MR) is 62.3 cm³/mol. The zero-order chi connectivity index (χ0) is 10.4. The topological polar surface area (TPSA) is 34.1 Å². The smallest absolute Gasteiger partial charge is 0.147 e. The van der Waals surface area contributed by atoms with Crippen LogP contribution in [-0.4, -0.2) is 5.16 Å². The maximum atomic E-state index is 11.2. The van der Waals surface area contributed by atoms with Crippen LogP contribution in [0.5, 0.6) is 0 Å². The van der Waals surface area contributed by atoms with Crippen molar-refractivity contribution in [3.8, 4) is 0 Å².